The minimum atomic E-state index is -0.573. The molecule has 0 saturated heterocycles. The lowest BCUT2D eigenvalue weighted by Gasteiger charge is -2.16. The smallest absolute Gasteiger partial charge is 0.341 e. The van der Waals surface area contributed by atoms with Gasteiger partial charge in [-0.05, 0) is 30.5 Å². The number of phenols is 1. The molecule has 1 aromatic rings. The maximum atomic E-state index is 11.5. The highest BCUT2D eigenvalue weighted by atomic mass is 16.5. The van der Waals surface area contributed by atoms with Crippen LogP contribution in [0, 0.1) is 0 Å². The third kappa shape index (κ3) is 2.92. The Bertz CT molecular complexity index is 431. The van der Waals surface area contributed by atoms with Gasteiger partial charge in [-0.1, -0.05) is 6.92 Å². The molecule has 1 unspecified atom stereocenters. The Morgan fingerprint density at radius 2 is 2.11 bits per heavy atom. The Morgan fingerprint density at radius 1 is 1.44 bits per heavy atom. The third-order valence-electron chi connectivity index (χ3n) is 2.88. The molecule has 3 N–H and O–H groups in total. The molecule has 5 heteroatoms. The predicted octanol–water partition coefficient (Wildman–Crippen LogP) is 1.64. The van der Waals surface area contributed by atoms with Crippen molar-refractivity contribution in [2.45, 2.75) is 19.3 Å². The lowest BCUT2D eigenvalue weighted by atomic mass is 9.94. The number of carbonyl (C=O) groups is 1. The number of methoxy groups -OCH3 is 2. The van der Waals surface area contributed by atoms with Crippen molar-refractivity contribution in [2.24, 2.45) is 5.73 Å². The monoisotopic (exact) mass is 253 g/mol. The lowest BCUT2D eigenvalue weighted by molar-refractivity contribution is 0.0597. The summed E-state index contributed by atoms with van der Waals surface area (Å²) in [7, 11) is 2.79. The van der Waals surface area contributed by atoms with Crippen molar-refractivity contribution < 1.29 is 19.4 Å². The first-order valence-electron chi connectivity index (χ1n) is 5.74. The zero-order chi connectivity index (χ0) is 13.7. The molecule has 0 aromatic heterocycles. The quantitative estimate of drug-likeness (QED) is 0.779. The predicted molar refractivity (Wildman–Crippen MR) is 68.1 cm³/mol. The van der Waals surface area contributed by atoms with E-state index in [0.29, 0.717) is 12.3 Å². The van der Waals surface area contributed by atoms with E-state index in [0.717, 1.165) is 12.0 Å². The number of rotatable bonds is 5. The van der Waals surface area contributed by atoms with Gasteiger partial charge < -0.3 is 20.3 Å². The number of phenolic OH excluding ortho intramolecular Hbond substituents is 1. The van der Waals surface area contributed by atoms with E-state index in [1.54, 1.807) is 6.07 Å². The standard InChI is InChI=1S/C13H19NO4/c1-8(4-5-14)9-6-10(13(16)18-3)11(15)7-12(9)17-2/h6-8,15H,4-5,14H2,1-3H3. The highest BCUT2D eigenvalue weighted by Gasteiger charge is 2.19. The maximum Gasteiger partial charge on any atom is 0.341 e. The molecule has 0 amide bonds. The summed E-state index contributed by atoms with van der Waals surface area (Å²) in [5, 5.41) is 9.75. The summed E-state index contributed by atoms with van der Waals surface area (Å²) in [4.78, 5) is 11.5. The van der Waals surface area contributed by atoms with Gasteiger partial charge in [0.15, 0.2) is 0 Å². The SMILES string of the molecule is COC(=O)c1cc(C(C)CCN)c(OC)cc1O. The Balaban J connectivity index is 3.25. The Kier molecular flexibility index (Phi) is 4.97. The van der Waals surface area contributed by atoms with Gasteiger partial charge in [0.2, 0.25) is 0 Å². The molecule has 0 heterocycles. The van der Waals surface area contributed by atoms with Crippen LogP contribution in [0.5, 0.6) is 11.5 Å². The molecule has 100 valence electrons. The normalized spacial score (nSPS) is 12.0. The molecule has 0 aliphatic heterocycles. The molecule has 0 radical (unpaired) electrons. The van der Waals surface area contributed by atoms with E-state index < -0.39 is 5.97 Å². The molecular formula is C13H19NO4. The molecule has 0 fully saturated rings. The average Bonchev–Trinajstić information content (AvgIpc) is 2.37. The number of carbonyl (C=O) groups excluding carboxylic acids is 1. The third-order valence-corrected chi connectivity index (χ3v) is 2.88. The van der Waals surface area contributed by atoms with E-state index >= 15 is 0 Å². The van der Waals surface area contributed by atoms with E-state index in [9.17, 15) is 9.90 Å². The summed E-state index contributed by atoms with van der Waals surface area (Å²) in [5.74, 6) is -0.0474. The summed E-state index contributed by atoms with van der Waals surface area (Å²) < 4.78 is 9.83. The van der Waals surface area contributed by atoms with Gasteiger partial charge in [-0.15, -0.1) is 0 Å². The molecular weight excluding hydrogens is 234 g/mol. The van der Waals surface area contributed by atoms with E-state index in [-0.39, 0.29) is 17.2 Å². The van der Waals surface area contributed by atoms with Gasteiger partial charge in [-0.25, -0.2) is 4.79 Å². The summed E-state index contributed by atoms with van der Waals surface area (Å²) in [6, 6.07) is 3.02. The highest BCUT2D eigenvalue weighted by Crippen LogP contribution is 2.34. The van der Waals surface area contributed by atoms with Crippen LogP contribution in [0.2, 0.25) is 0 Å². The fraction of sp³-hybridized carbons (Fsp3) is 0.462. The molecule has 1 atom stereocenters. The first-order valence-corrected chi connectivity index (χ1v) is 5.74. The average molecular weight is 253 g/mol. The molecule has 0 bridgehead atoms. The molecule has 0 saturated carbocycles. The van der Waals surface area contributed by atoms with Crippen molar-refractivity contribution in [1.82, 2.24) is 0 Å². The lowest BCUT2D eigenvalue weighted by Crippen LogP contribution is -2.08. The molecule has 18 heavy (non-hydrogen) atoms. The first-order chi connectivity index (χ1) is 8.54. The number of nitrogens with two attached hydrogens (primary N) is 1. The van der Waals surface area contributed by atoms with Crippen molar-refractivity contribution in [1.29, 1.82) is 0 Å². The van der Waals surface area contributed by atoms with Crippen LogP contribution in [0.3, 0.4) is 0 Å². The largest absolute Gasteiger partial charge is 0.507 e. The van der Waals surface area contributed by atoms with Crippen LogP contribution < -0.4 is 10.5 Å². The summed E-state index contributed by atoms with van der Waals surface area (Å²) in [5.41, 5.74) is 6.50. The van der Waals surface area contributed by atoms with E-state index in [4.69, 9.17) is 10.5 Å². The van der Waals surface area contributed by atoms with Gasteiger partial charge >= 0.3 is 5.97 Å². The van der Waals surface area contributed by atoms with Crippen LogP contribution in [0.4, 0.5) is 0 Å². The number of benzene rings is 1. The van der Waals surface area contributed by atoms with Crippen LogP contribution in [0.1, 0.15) is 35.2 Å². The zero-order valence-electron chi connectivity index (χ0n) is 10.9. The second-order valence-electron chi connectivity index (χ2n) is 4.08. The van der Waals surface area contributed by atoms with Gasteiger partial charge in [-0.2, -0.15) is 0 Å². The Morgan fingerprint density at radius 3 is 2.61 bits per heavy atom. The van der Waals surface area contributed by atoms with Crippen LogP contribution in [-0.4, -0.2) is 31.8 Å². The second-order valence-corrected chi connectivity index (χ2v) is 4.08. The minimum Gasteiger partial charge on any atom is -0.507 e. The minimum absolute atomic E-state index is 0.133. The van der Waals surface area contributed by atoms with Gasteiger partial charge in [0.1, 0.15) is 17.1 Å². The second kappa shape index (κ2) is 6.26. The van der Waals surface area contributed by atoms with Crippen molar-refractivity contribution in [3.8, 4) is 11.5 Å². The van der Waals surface area contributed by atoms with Gasteiger partial charge in [0, 0.05) is 6.07 Å². The van der Waals surface area contributed by atoms with E-state index in [1.807, 2.05) is 6.92 Å². The van der Waals surface area contributed by atoms with Crippen LogP contribution in [0.15, 0.2) is 12.1 Å². The van der Waals surface area contributed by atoms with Crippen molar-refractivity contribution in [3.63, 3.8) is 0 Å². The fourth-order valence-electron chi connectivity index (χ4n) is 1.83. The summed E-state index contributed by atoms with van der Waals surface area (Å²) in [6.45, 7) is 2.53. The van der Waals surface area contributed by atoms with Gasteiger partial charge in [0.05, 0.1) is 14.2 Å². The topological polar surface area (TPSA) is 81.8 Å². The van der Waals surface area contributed by atoms with E-state index in [1.165, 1.54) is 20.3 Å². The Labute approximate surface area is 107 Å². The first kappa shape index (κ1) is 14.3. The van der Waals surface area contributed by atoms with Gasteiger partial charge in [-0.3, -0.25) is 0 Å². The zero-order valence-corrected chi connectivity index (χ0v) is 10.9. The fourth-order valence-corrected chi connectivity index (χ4v) is 1.83. The summed E-state index contributed by atoms with van der Waals surface area (Å²) in [6.07, 6.45) is 0.766. The van der Waals surface area contributed by atoms with Crippen LogP contribution in [-0.2, 0) is 4.74 Å². The van der Waals surface area contributed by atoms with Crippen molar-refractivity contribution >= 4 is 5.97 Å². The number of ether oxygens (including phenoxy) is 2. The highest BCUT2D eigenvalue weighted by molar-refractivity contribution is 5.93. The summed E-state index contributed by atoms with van der Waals surface area (Å²) >= 11 is 0. The number of esters is 1. The van der Waals surface area contributed by atoms with Crippen LogP contribution >= 0.6 is 0 Å². The van der Waals surface area contributed by atoms with Crippen molar-refractivity contribution in [2.75, 3.05) is 20.8 Å². The number of hydrogen-bond donors (Lipinski definition) is 2. The van der Waals surface area contributed by atoms with Gasteiger partial charge in [0.25, 0.3) is 0 Å². The number of hydrogen-bond acceptors (Lipinski definition) is 5. The maximum absolute atomic E-state index is 11.5. The molecule has 0 aliphatic carbocycles. The molecule has 0 aliphatic rings. The molecule has 1 rings (SSSR count). The molecule has 1 aromatic carbocycles. The van der Waals surface area contributed by atoms with Crippen LogP contribution in [0.25, 0.3) is 0 Å². The molecule has 5 nitrogen and oxygen atoms in total. The van der Waals surface area contributed by atoms with E-state index in [2.05, 4.69) is 4.74 Å². The Hall–Kier alpha value is -1.75. The molecule has 0 spiro atoms. The number of aromatic hydroxyl groups is 1. The van der Waals surface area contributed by atoms with Crippen molar-refractivity contribution in [3.05, 3.63) is 23.3 Å².